The highest BCUT2D eigenvalue weighted by atomic mass is 31.0. The molecule has 0 aromatic carbocycles. The van der Waals surface area contributed by atoms with Gasteiger partial charge in [0.1, 0.15) is 0 Å². The van der Waals surface area contributed by atoms with Gasteiger partial charge in [-0.2, -0.15) is 0 Å². The lowest BCUT2D eigenvalue weighted by molar-refractivity contribution is 0.220. The van der Waals surface area contributed by atoms with Crippen LogP contribution < -0.4 is 0 Å². The Balaban J connectivity index is -0.0000000419. The summed E-state index contributed by atoms with van der Waals surface area (Å²) in [6.07, 6.45) is 0. The molecule has 0 saturated heterocycles. The molecule has 12 heavy (non-hydrogen) atoms. The van der Waals surface area contributed by atoms with Crippen molar-refractivity contribution in [1.29, 1.82) is 0 Å². The molecule has 0 aliphatic heterocycles. The summed E-state index contributed by atoms with van der Waals surface area (Å²) in [5, 5.41) is 7.19. The van der Waals surface area contributed by atoms with Crippen LogP contribution >= 0.6 is 18.9 Å². The summed E-state index contributed by atoms with van der Waals surface area (Å²) in [6.45, 7) is 0. The lowest BCUT2D eigenvalue weighted by Crippen LogP contribution is -1.86. The Bertz CT molecular complexity index is 107. The van der Waals surface area contributed by atoms with Gasteiger partial charge in [-0.25, -0.2) is 0 Å². The molecule has 0 heterocycles. The molecule has 0 aromatic heterocycles. The maximum absolute atomic E-state index is 9.35. The van der Waals surface area contributed by atoms with Crippen LogP contribution in [0.2, 0.25) is 0 Å². The van der Waals surface area contributed by atoms with Crippen molar-refractivity contribution in [2.45, 2.75) is 7.43 Å². The summed E-state index contributed by atoms with van der Waals surface area (Å²) in [5.41, 5.74) is 0. The third kappa shape index (κ3) is 219. The average molecular weight is 210 g/mol. The minimum Gasteiger partial charge on any atom is -0.490 e. The van der Waals surface area contributed by atoms with E-state index in [4.69, 9.17) is 14.8 Å². The largest absolute Gasteiger partial charge is 0.490 e. The zero-order valence-corrected chi connectivity index (χ0v) is 7.74. The van der Waals surface area contributed by atoms with Crippen LogP contribution in [0, 0.1) is 0 Å². The number of carboxylic acid groups (broad SMARTS) is 1. The molecule has 0 saturated carbocycles. The van der Waals surface area contributed by atoms with Crippen LogP contribution in [0.4, 0.5) is 9.59 Å². The number of hydrogen-bond donors (Lipinski definition) is 2. The summed E-state index contributed by atoms with van der Waals surface area (Å²) in [7, 11) is 11.6. The lowest BCUT2D eigenvalue weighted by atomic mass is 10.2. The minimum absolute atomic E-state index is 0. The van der Waals surface area contributed by atoms with Crippen molar-refractivity contribution in [3.05, 3.63) is 0 Å². The number of rotatable bonds is 0. The number of hydrogen-bond acceptors (Lipinski definition) is 4. The van der Waals surface area contributed by atoms with Crippen molar-refractivity contribution in [3.63, 3.8) is 0 Å². The lowest BCUT2D eigenvalue weighted by Gasteiger charge is -1.81. The summed E-state index contributed by atoms with van der Waals surface area (Å²) in [6, 6.07) is 0. The van der Waals surface area contributed by atoms with Crippen molar-refractivity contribution in [3.8, 4) is 0 Å². The number of carbonyl (C=O) groups excluding carboxylic acids is 1. The average Bonchev–Trinajstić information content (AvgIpc) is 1.91. The van der Waals surface area contributed by atoms with Crippen molar-refractivity contribution >= 4 is 46.4 Å². The predicted molar refractivity (Wildman–Crippen MR) is 54.4 cm³/mol. The van der Waals surface area contributed by atoms with Gasteiger partial charge in [0.05, 0.1) is 9.47 Å². The molecule has 9 heteroatoms. The molecular formula is C3H10B2O5P2. The molecular weight excluding hydrogens is 200 g/mol. The number of carbonyl (C=O) groups is 2. The van der Waals surface area contributed by atoms with E-state index >= 15 is 0 Å². The van der Waals surface area contributed by atoms with E-state index in [0.717, 1.165) is 0 Å². The molecule has 5 nitrogen and oxygen atoms in total. The molecule has 0 aliphatic carbocycles. The second-order valence-corrected chi connectivity index (χ2v) is 1.01. The second-order valence-electron chi connectivity index (χ2n) is 0.775. The summed E-state index contributed by atoms with van der Waals surface area (Å²) < 4.78 is 3.81. The highest BCUT2D eigenvalue weighted by molar-refractivity contribution is 7.11. The minimum atomic E-state index is -1.33. The fourth-order valence-electron chi connectivity index (χ4n) is 0. The first-order chi connectivity index (χ1) is 5.00. The standard InChI is InChI=1S/CH2BO2P.CHBO2.CH4.H3OP/c2-1(3)4-5;2-1(3)4;;1-2/h5H2;(H,3,4);1H4;1H,2H2. The van der Waals surface area contributed by atoms with Gasteiger partial charge in [0.2, 0.25) is 27.4 Å². The van der Waals surface area contributed by atoms with Crippen molar-refractivity contribution in [2.75, 3.05) is 0 Å². The fraction of sp³-hybridized carbons (Fsp3) is 0.333. The Morgan fingerprint density at radius 1 is 1.25 bits per heavy atom. The molecule has 0 aromatic rings. The quantitative estimate of drug-likeness (QED) is 0.444. The molecule has 0 aliphatic rings. The van der Waals surface area contributed by atoms with Crippen LogP contribution in [0.3, 0.4) is 0 Å². The first-order valence-corrected chi connectivity index (χ1v) is 2.90. The van der Waals surface area contributed by atoms with Crippen molar-refractivity contribution in [1.82, 2.24) is 0 Å². The van der Waals surface area contributed by atoms with Gasteiger partial charge in [-0.15, -0.1) is 0 Å². The van der Waals surface area contributed by atoms with Gasteiger partial charge < -0.3 is 14.5 Å². The van der Waals surface area contributed by atoms with E-state index in [-0.39, 0.29) is 7.43 Å². The van der Waals surface area contributed by atoms with Crippen molar-refractivity contribution < 1.29 is 24.1 Å². The Morgan fingerprint density at radius 2 is 1.33 bits per heavy atom. The van der Waals surface area contributed by atoms with Gasteiger partial charge in [-0.05, 0) is 9.47 Å². The van der Waals surface area contributed by atoms with Gasteiger partial charge in [0.15, 0.2) is 0 Å². The van der Waals surface area contributed by atoms with Gasteiger partial charge in [0, 0.05) is 0 Å². The molecule has 0 fully saturated rings. The molecule has 2 unspecified atom stereocenters. The van der Waals surface area contributed by atoms with E-state index in [1.165, 1.54) is 9.47 Å². The van der Waals surface area contributed by atoms with Crippen LogP contribution in [0.15, 0.2) is 0 Å². The first kappa shape index (κ1) is 22.7. The molecule has 0 spiro atoms. The van der Waals surface area contributed by atoms with Crippen LogP contribution in [0.1, 0.15) is 7.43 Å². The zero-order chi connectivity index (χ0) is 9.86. The third-order valence-electron chi connectivity index (χ3n) is 0.116. The van der Waals surface area contributed by atoms with E-state index in [1.54, 1.807) is 9.47 Å². The summed E-state index contributed by atoms with van der Waals surface area (Å²) in [5.74, 6) is -2.12. The topological polar surface area (TPSA) is 83.8 Å². The van der Waals surface area contributed by atoms with Gasteiger partial charge in [0.25, 0.3) is 0 Å². The Morgan fingerprint density at radius 3 is 1.33 bits per heavy atom. The molecule has 4 radical (unpaired) electrons. The molecule has 68 valence electrons. The first-order valence-electron chi connectivity index (χ1n) is 1.91. The maximum atomic E-state index is 9.35. The maximum Gasteiger partial charge on any atom is 0.237 e. The highest BCUT2D eigenvalue weighted by Crippen LogP contribution is 1.80. The normalized spacial score (nSPS) is 5.25. The van der Waals surface area contributed by atoms with E-state index in [1.807, 2.05) is 0 Å². The molecule has 2 atom stereocenters. The van der Waals surface area contributed by atoms with Crippen LogP contribution in [0.25, 0.3) is 0 Å². The van der Waals surface area contributed by atoms with E-state index in [2.05, 4.69) is 20.2 Å². The van der Waals surface area contributed by atoms with Gasteiger partial charge in [-0.3, -0.25) is 9.59 Å². The highest BCUT2D eigenvalue weighted by Gasteiger charge is 1.76. The predicted octanol–water partition coefficient (Wildman–Crippen LogP) is 0.319. The summed E-state index contributed by atoms with van der Waals surface area (Å²) >= 11 is 0. The van der Waals surface area contributed by atoms with Crippen LogP contribution in [-0.4, -0.2) is 37.4 Å². The van der Waals surface area contributed by atoms with Gasteiger partial charge in [-0.1, -0.05) is 7.43 Å². The SMILES string of the molecule is C.OP.[B]C(=O)O.[B]C(=O)OP. The molecule has 0 rings (SSSR count). The third-order valence-corrected chi connectivity index (χ3v) is 0.348. The smallest absolute Gasteiger partial charge is 0.237 e. The molecule has 0 amide bonds. The zero-order valence-electron chi connectivity index (χ0n) is 5.43. The monoisotopic (exact) mass is 210 g/mol. The van der Waals surface area contributed by atoms with Crippen LogP contribution in [0.5, 0.6) is 0 Å². The van der Waals surface area contributed by atoms with Crippen LogP contribution in [-0.2, 0) is 4.52 Å². The Hall–Kier alpha value is -0.110. The Labute approximate surface area is 78.6 Å². The van der Waals surface area contributed by atoms with E-state index in [0.29, 0.717) is 0 Å². The summed E-state index contributed by atoms with van der Waals surface area (Å²) in [4.78, 5) is 25.0. The van der Waals surface area contributed by atoms with E-state index < -0.39 is 11.7 Å². The second kappa shape index (κ2) is 22.4. The molecule has 0 bridgehead atoms. The van der Waals surface area contributed by atoms with Crippen molar-refractivity contribution in [2.24, 2.45) is 0 Å². The van der Waals surface area contributed by atoms with Gasteiger partial charge >= 0.3 is 0 Å². The fourth-order valence-corrected chi connectivity index (χ4v) is 0. The molecule has 2 N–H and O–H groups in total. The van der Waals surface area contributed by atoms with E-state index in [9.17, 15) is 4.79 Å². The Kier molecular flexibility index (Phi) is 42.4.